The Morgan fingerprint density at radius 3 is 2.16 bits per heavy atom. The first-order valence-corrected chi connectivity index (χ1v) is 14.8. The van der Waals surface area contributed by atoms with Gasteiger partial charge in [-0.3, -0.25) is 14.9 Å². The summed E-state index contributed by atoms with van der Waals surface area (Å²) < 4.78 is 7.52. The van der Waals surface area contributed by atoms with E-state index < -0.39 is 10.5 Å². The van der Waals surface area contributed by atoms with Crippen molar-refractivity contribution < 1.29 is 19.2 Å². The van der Waals surface area contributed by atoms with Crippen LogP contribution in [0.2, 0.25) is 0 Å². The number of piperidine rings is 1. The first-order valence-electron chi connectivity index (χ1n) is 14.8. The summed E-state index contributed by atoms with van der Waals surface area (Å²) in [5, 5.41) is 15.8. The molecule has 2 saturated heterocycles. The minimum absolute atomic E-state index is 0.0437. The van der Waals surface area contributed by atoms with E-state index in [1.807, 2.05) is 36.4 Å². The maximum absolute atomic E-state index is 14.0. The van der Waals surface area contributed by atoms with E-state index in [0.717, 1.165) is 28.2 Å². The maximum atomic E-state index is 14.0. The van der Waals surface area contributed by atoms with Crippen LogP contribution < -0.4 is 4.90 Å². The third-order valence-corrected chi connectivity index (χ3v) is 8.14. The average molecular weight is 589 g/mol. The number of non-ortho nitro benzene ring substituents is 1. The number of aryl methyl sites for hydroxylation is 2. The molecular formula is C32H40N6O5. The first kappa shape index (κ1) is 30.1. The Bertz CT molecular complexity index is 1490. The Balaban J connectivity index is 1.36. The molecule has 5 rings (SSSR count). The number of nitro benzene ring substituents is 1. The summed E-state index contributed by atoms with van der Waals surface area (Å²) in [6, 6.07) is 12.7. The average Bonchev–Trinajstić information content (AvgIpc) is 3.41. The molecule has 1 aromatic heterocycles. The van der Waals surface area contributed by atoms with Gasteiger partial charge < -0.3 is 19.4 Å². The Hall–Kier alpha value is -4.41. The second kappa shape index (κ2) is 12.1. The van der Waals surface area contributed by atoms with E-state index in [2.05, 4.69) is 30.9 Å². The number of anilines is 1. The Labute approximate surface area is 252 Å². The molecule has 0 bridgehead atoms. The first-order chi connectivity index (χ1) is 20.4. The standard InChI is InChI=1S/C32H40N6O5/c1-22-6-11-28(23(2)20-22)37-29(24-12-14-36(15-13-24)31(40)43-32(3,4)5)27(21-33-37)30(39)35-18-16-34(17-19-35)25-7-9-26(10-8-25)38(41)42/h6-11,20-21,24H,12-19H2,1-5H3. The number of ether oxygens (including phenoxy) is 1. The molecule has 2 aliphatic heterocycles. The predicted molar refractivity (Wildman–Crippen MR) is 164 cm³/mol. The maximum Gasteiger partial charge on any atom is 0.410 e. The number of likely N-dealkylation sites (tertiary alicyclic amines) is 1. The van der Waals surface area contributed by atoms with E-state index in [4.69, 9.17) is 9.84 Å². The molecule has 0 N–H and O–H groups in total. The summed E-state index contributed by atoms with van der Waals surface area (Å²) in [7, 11) is 0. The van der Waals surface area contributed by atoms with Gasteiger partial charge in [-0.2, -0.15) is 5.10 Å². The number of benzene rings is 2. The lowest BCUT2D eigenvalue weighted by Gasteiger charge is -2.37. The van der Waals surface area contributed by atoms with Crippen molar-refractivity contribution in [3.8, 4) is 5.69 Å². The number of carbonyl (C=O) groups is 2. The fraction of sp³-hybridized carbons (Fsp3) is 0.469. The van der Waals surface area contributed by atoms with Gasteiger partial charge in [0.15, 0.2) is 0 Å². The zero-order chi connectivity index (χ0) is 30.9. The van der Waals surface area contributed by atoms with Crippen molar-refractivity contribution in [2.75, 3.05) is 44.2 Å². The summed E-state index contributed by atoms with van der Waals surface area (Å²) in [5.41, 5.74) is 5.06. The topological polar surface area (TPSA) is 114 Å². The van der Waals surface area contributed by atoms with Crippen molar-refractivity contribution >= 4 is 23.4 Å². The van der Waals surface area contributed by atoms with Gasteiger partial charge in [-0.1, -0.05) is 17.7 Å². The summed E-state index contributed by atoms with van der Waals surface area (Å²) >= 11 is 0. The normalized spacial score (nSPS) is 16.3. The van der Waals surface area contributed by atoms with Crippen molar-refractivity contribution in [1.82, 2.24) is 19.6 Å². The lowest BCUT2D eigenvalue weighted by atomic mass is 9.90. The van der Waals surface area contributed by atoms with Crippen molar-refractivity contribution in [2.24, 2.45) is 0 Å². The van der Waals surface area contributed by atoms with Crippen molar-refractivity contribution in [1.29, 1.82) is 0 Å². The van der Waals surface area contributed by atoms with Gasteiger partial charge in [-0.25, -0.2) is 9.48 Å². The number of piperazine rings is 1. The lowest BCUT2D eigenvalue weighted by molar-refractivity contribution is -0.384. The molecule has 0 spiro atoms. The molecule has 11 nitrogen and oxygen atoms in total. The third kappa shape index (κ3) is 6.65. The fourth-order valence-electron chi connectivity index (χ4n) is 5.94. The number of aromatic nitrogens is 2. The molecular weight excluding hydrogens is 548 g/mol. The predicted octanol–water partition coefficient (Wildman–Crippen LogP) is 5.47. The number of amides is 2. The second-order valence-corrected chi connectivity index (χ2v) is 12.4. The van der Waals surface area contributed by atoms with Crippen LogP contribution in [-0.2, 0) is 4.74 Å². The molecule has 2 aliphatic rings. The molecule has 2 fully saturated rings. The van der Waals surface area contributed by atoms with Crippen LogP contribution in [0.25, 0.3) is 5.69 Å². The Kier molecular flexibility index (Phi) is 8.43. The van der Waals surface area contributed by atoms with E-state index in [-0.39, 0.29) is 23.6 Å². The van der Waals surface area contributed by atoms with Crippen LogP contribution in [-0.4, -0.2) is 81.4 Å². The van der Waals surface area contributed by atoms with E-state index in [9.17, 15) is 19.7 Å². The van der Waals surface area contributed by atoms with Crippen LogP contribution in [0, 0.1) is 24.0 Å². The summed E-state index contributed by atoms with van der Waals surface area (Å²) in [6.45, 7) is 13.1. The van der Waals surface area contributed by atoms with E-state index >= 15 is 0 Å². The van der Waals surface area contributed by atoms with Gasteiger partial charge in [-0.05, 0) is 71.2 Å². The Morgan fingerprint density at radius 1 is 0.930 bits per heavy atom. The van der Waals surface area contributed by atoms with Crippen molar-refractivity contribution in [3.63, 3.8) is 0 Å². The van der Waals surface area contributed by atoms with Gasteiger partial charge in [0.1, 0.15) is 5.60 Å². The number of hydrogen-bond donors (Lipinski definition) is 0. The molecule has 0 unspecified atom stereocenters. The fourth-order valence-corrected chi connectivity index (χ4v) is 5.94. The molecule has 2 amide bonds. The molecule has 3 heterocycles. The molecule has 2 aromatic carbocycles. The molecule has 0 saturated carbocycles. The molecule has 228 valence electrons. The van der Waals surface area contributed by atoms with Crippen LogP contribution in [0.1, 0.15) is 66.7 Å². The van der Waals surface area contributed by atoms with Crippen LogP contribution >= 0.6 is 0 Å². The van der Waals surface area contributed by atoms with Gasteiger partial charge in [0.2, 0.25) is 0 Å². The zero-order valence-electron chi connectivity index (χ0n) is 25.6. The smallest absolute Gasteiger partial charge is 0.410 e. The van der Waals surface area contributed by atoms with Crippen molar-refractivity contribution in [2.45, 2.75) is 59.0 Å². The second-order valence-electron chi connectivity index (χ2n) is 12.4. The monoisotopic (exact) mass is 588 g/mol. The number of carbonyl (C=O) groups excluding carboxylic acids is 2. The Morgan fingerprint density at radius 2 is 1.58 bits per heavy atom. The van der Waals surface area contributed by atoms with Crippen LogP contribution in [0.5, 0.6) is 0 Å². The summed E-state index contributed by atoms with van der Waals surface area (Å²) in [4.78, 5) is 43.1. The molecule has 43 heavy (non-hydrogen) atoms. The summed E-state index contributed by atoms with van der Waals surface area (Å²) in [5.74, 6) is -0.00817. The molecule has 0 radical (unpaired) electrons. The zero-order valence-corrected chi connectivity index (χ0v) is 25.6. The highest BCUT2D eigenvalue weighted by atomic mass is 16.6. The minimum Gasteiger partial charge on any atom is -0.444 e. The highest BCUT2D eigenvalue weighted by Crippen LogP contribution is 2.34. The van der Waals surface area contributed by atoms with Crippen molar-refractivity contribution in [3.05, 3.63) is 81.2 Å². The highest BCUT2D eigenvalue weighted by Gasteiger charge is 2.34. The van der Waals surface area contributed by atoms with Gasteiger partial charge in [-0.15, -0.1) is 0 Å². The lowest BCUT2D eigenvalue weighted by Crippen LogP contribution is -2.49. The molecule has 0 aliphatic carbocycles. The minimum atomic E-state index is -0.558. The highest BCUT2D eigenvalue weighted by molar-refractivity contribution is 5.95. The van der Waals surface area contributed by atoms with Gasteiger partial charge in [0, 0.05) is 63.0 Å². The van der Waals surface area contributed by atoms with Crippen LogP contribution in [0.15, 0.2) is 48.7 Å². The van der Waals surface area contributed by atoms with Gasteiger partial charge >= 0.3 is 6.09 Å². The van der Waals surface area contributed by atoms with Crippen LogP contribution in [0.3, 0.4) is 0 Å². The van der Waals surface area contributed by atoms with E-state index in [0.29, 0.717) is 57.7 Å². The number of hydrogen-bond acceptors (Lipinski definition) is 7. The van der Waals surface area contributed by atoms with Gasteiger partial charge in [0.25, 0.3) is 11.6 Å². The molecule has 3 aromatic rings. The molecule has 11 heteroatoms. The third-order valence-electron chi connectivity index (χ3n) is 8.14. The van der Waals surface area contributed by atoms with Gasteiger partial charge in [0.05, 0.1) is 28.1 Å². The number of nitrogens with zero attached hydrogens (tertiary/aromatic N) is 6. The van der Waals surface area contributed by atoms with E-state index in [1.165, 1.54) is 12.1 Å². The molecule has 0 atom stereocenters. The SMILES string of the molecule is Cc1ccc(-n2ncc(C(=O)N3CCN(c4ccc([N+](=O)[O-])cc4)CC3)c2C2CCN(C(=O)OC(C)(C)C)CC2)c(C)c1. The number of rotatable bonds is 5. The van der Waals surface area contributed by atoms with E-state index in [1.54, 1.807) is 23.2 Å². The number of nitro groups is 1. The quantitative estimate of drug-likeness (QED) is 0.287. The van der Waals surface area contributed by atoms with Crippen LogP contribution in [0.4, 0.5) is 16.2 Å². The summed E-state index contributed by atoms with van der Waals surface area (Å²) in [6.07, 6.45) is 2.78. The largest absolute Gasteiger partial charge is 0.444 e.